The molecule has 0 radical (unpaired) electrons. The fourth-order valence-electron chi connectivity index (χ4n) is 2.34. The highest BCUT2D eigenvalue weighted by atomic mass is 19.1. The first kappa shape index (κ1) is 15.6. The van der Waals surface area contributed by atoms with Crippen LogP contribution >= 0.6 is 0 Å². The lowest BCUT2D eigenvalue weighted by Gasteiger charge is -2.18. The van der Waals surface area contributed by atoms with Gasteiger partial charge in [-0.3, -0.25) is 4.98 Å². The maximum Gasteiger partial charge on any atom is 0.123 e. The van der Waals surface area contributed by atoms with Crippen molar-refractivity contribution in [3.8, 4) is 0 Å². The first-order chi connectivity index (χ1) is 10.2. The van der Waals surface area contributed by atoms with Gasteiger partial charge in [-0.15, -0.1) is 0 Å². The van der Waals surface area contributed by atoms with E-state index in [1.165, 1.54) is 12.1 Å². The Morgan fingerprint density at radius 2 is 1.95 bits per heavy atom. The SMILES string of the molecule is CC(N)CNCCC(c1ccc(F)cc1)c1ccccn1. The Hall–Kier alpha value is -1.78. The number of hydrogen-bond donors (Lipinski definition) is 2. The Morgan fingerprint density at radius 1 is 1.19 bits per heavy atom. The van der Waals surface area contributed by atoms with Gasteiger partial charge in [-0.1, -0.05) is 18.2 Å². The van der Waals surface area contributed by atoms with Crippen LogP contribution in [0.2, 0.25) is 0 Å². The van der Waals surface area contributed by atoms with E-state index in [-0.39, 0.29) is 17.8 Å². The topological polar surface area (TPSA) is 50.9 Å². The first-order valence-electron chi connectivity index (χ1n) is 7.29. The number of pyridine rings is 1. The van der Waals surface area contributed by atoms with Crippen molar-refractivity contribution in [2.75, 3.05) is 13.1 Å². The Morgan fingerprint density at radius 3 is 2.57 bits per heavy atom. The van der Waals surface area contributed by atoms with E-state index in [0.717, 1.165) is 30.8 Å². The molecule has 21 heavy (non-hydrogen) atoms. The standard InChI is InChI=1S/C17H22FN3/c1-13(19)12-20-11-9-16(17-4-2-3-10-21-17)14-5-7-15(18)8-6-14/h2-8,10,13,16,20H,9,11-12,19H2,1H3. The van der Waals surface area contributed by atoms with Gasteiger partial charge < -0.3 is 11.1 Å². The lowest BCUT2D eigenvalue weighted by atomic mass is 9.92. The summed E-state index contributed by atoms with van der Waals surface area (Å²) in [4.78, 5) is 4.45. The molecule has 0 saturated carbocycles. The number of aromatic nitrogens is 1. The van der Waals surface area contributed by atoms with Gasteiger partial charge in [0.15, 0.2) is 0 Å². The van der Waals surface area contributed by atoms with Crippen molar-refractivity contribution >= 4 is 0 Å². The monoisotopic (exact) mass is 287 g/mol. The lowest BCUT2D eigenvalue weighted by molar-refractivity contribution is 0.566. The molecule has 1 aromatic heterocycles. The average molecular weight is 287 g/mol. The summed E-state index contributed by atoms with van der Waals surface area (Å²) in [5.41, 5.74) is 7.82. The number of hydrogen-bond acceptors (Lipinski definition) is 3. The zero-order valence-electron chi connectivity index (χ0n) is 12.3. The fourth-order valence-corrected chi connectivity index (χ4v) is 2.34. The van der Waals surface area contributed by atoms with E-state index in [1.807, 2.05) is 37.3 Å². The summed E-state index contributed by atoms with van der Waals surface area (Å²) in [6.45, 7) is 3.61. The van der Waals surface area contributed by atoms with Gasteiger partial charge in [0.25, 0.3) is 0 Å². The van der Waals surface area contributed by atoms with Crippen LogP contribution in [0.25, 0.3) is 0 Å². The predicted molar refractivity (Wildman–Crippen MR) is 83.6 cm³/mol. The Kier molecular flexibility index (Phi) is 5.84. The molecular formula is C17H22FN3. The van der Waals surface area contributed by atoms with Gasteiger partial charge in [-0.05, 0) is 49.7 Å². The van der Waals surface area contributed by atoms with Gasteiger partial charge in [0.05, 0.1) is 0 Å². The van der Waals surface area contributed by atoms with Crippen LogP contribution in [0, 0.1) is 5.82 Å². The second-order valence-corrected chi connectivity index (χ2v) is 5.33. The summed E-state index contributed by atoms with van der Waals surface area (Å²) in [6, 6.07) is 12.7. The van der Waals surface area contributed by atoms with Crippen LogP contribution in [-0.2, 0) is 0 Å². The Labute approximate surface area is 125 Å². The van der Waals surface area contributed by atoms with Crippen molar-refractivity contribution in [1.82, 2.24) is 10.3 Å². The lowest BCUT2D eigenvalue weighted by Crippen LogP contribution is -2.32. The molecule has 0 aliphatic heterocycles. The fraction of sp³-hybridized carbons (Fsp3) is 0.353. The molecule has 0 fully saturated rings. The highest BCUT2D eigenvalue weighted by Crippen LogP contribution is 2.26. The van der Waals surface area contributed by atoms with E-state index in [0.29, 0.717) is 0 Å². The number of benzene rings is 1. The molecular weight excluding hydrogens is 265 g/mol. The van der Waals surface area contributed by atoms with Crippen LogP contribution in [0.1, 0.15) is 30.5 Å². The van der Waals surface area contributed by atoms with Gasteiger partial charge >= 0.3 is 0 Å². The van der Waals surface area contributed by atoms with Gasteiger partial charge in [-0.2, -0.15) is 0 Å². The predicted octanol–water partition coefficient (Wildman–Crippen LogP) is 2.68. The van der Waals surface area contributed by atoms with Crippen molar-refractivity contribution in [3.05, 3.63) is 65.7 Å². The maximum absolute atomic E-state index is 13.1. The summed E-state index contributed by atoms with van der Waals surface area (Å²) < 4.78 is 13.1. The van der Waals surface area contributed by atoms with Crippen LogP contribution in [0.4, 0.5) is 4.39 Å². The molecule has 2 unspecified atom stereocenters. The van der Waals surface area contributed by atoms with E-state index in [4.69, 9.17) is 5.73 Å². The van der Waals surface area contributed by atoms with E-state index >= 15 is 0 Å². The minimum atomic E-state index is -0.214. The van der Waals surface area contributed by atoms with Crippen molar-refractivity contribution in [3.63, 3.8) is 0 Å². The molecule has 3 N–H and O–H groups in total. The molecule has 0 spiro atoms. The summed E-state index contributed by atoms with van der Waals surface area (Å²) in [5, 5.41) is 3.34. The third kappa shape index (κ3) is 4.92. The first-order valence-corrected chi connectivity index (χ1v) is 7.29. The maximum atomic E-state index is 13.1. The van der Waals surface area contributed by atoms with Gasteiger partial charge in [0.1, 0.15) is 5.82 Å². The second-order valence-electron chi connectivity index (χ2n) is 5.33. The van der Waals surface area contributed by atoms with Gasteiger partial charge in [0, 0.05) is 30.4 Å². The molecule has 0 aliphatic carbocycles. The zero-order chi connectivity index (χ0) is 15.1. The summed E-state index contributed by atoms with van der Waals surface area (Å²) in [5.74, 6) is -0.0546. The number of nitrogens with two attached hydrogens (primary N) is 1. The van der Waals surface area contributed by atoms with Crippen LogP contribution < -0.4 is 11.1 Å². The molecule has 2 aromatic rings. The van der Waals surface area contributed by atoms with Crippen molar-refractivity contribution in [1.29, 1.82) is 0 Å². The van der Waals surface area contributed by atoms with E-state index in [1.54, 1.807) is 6.20 Å². The molecule has 0 saturated heterocycles. The largest absolute Gasteiger partial charge is 0.327 e. The van der Waals surface area contributed by atoms with Crippen molar-refractivity contribution in [2.45, 2.75) is 25.3 Å². The number of halogens is 1. The van der Waals surface area contributed by atoms with Crippen LogP contribution in [-0.4, -0.2) is 24.1 Å². The third-order valence-corrected chi connectivity index (χ3v) is 3.39. The number of rotatable bonds is 7. The molecule has 1 heterocycles. The van der Waals surface area contributed by atoms with Crippen molar-refractivity contribution < 1.29 is 4.39 Å². The van der Waals surface area contributed by atoms with E-state index in [2.05, 4.69) is 10.3 Å². The third-order valence-electron chi connectivity index (χ3n) is 3.39. The molecule has 1 aromatic carbocycles. The number of nitrogens with one attached hydrogen (secondary N) is 1. The Balaban J connectivity index is 2.09. The normalized spacial score (nSPS) is 13.9. The summed E-state index contributed by atoms with van der Waals surface area (Å²) in [7, 11) is 0. The minimum Gasteiger partial charge on any atom is -0.327 e. The second kappa shape index (κ2) is 7.86. The van der Waals surface area contributed by atoms with Gasteiger partial charge in [0.2, 0.25) is 0 Å². The zero-order valence-corrected chi connectivity index (χ0v) is 12.3. The summed E-state index contributed by atoms with van der Waals surface area (Å²) >= 11 is 0. The summed E-state index contributed by atoms with van der Waals surface area (Å²) in [6.07, 6.45) is 2.69. The highest BCUT2D eigenvalue weighted by molar-refractivity contribution is 5.28. The highest BCUT2D eigenvalue weighted by Gasteiger charge is 2.15. The quantitative estimate of drug-likeness (QED) is 0.770. The molecule has 4 heteroatoms. The van der Waals surface area contributed by atoms with Crippen molar-refractivity contribution in [2.24, 2.45) is 5.73 Å². The smallest absolute Gasteiger partial charge is 0.123 e. The Bertz CT molecular complexity index is 525. The molecule has 112 valence electrons. The number of nitrogens with zero attached hydrogens (tertiary/aromatic N) is 1. The minimum absolute atomic E-state index is 0.143. The molecule has 3 nitrogen and oxygen atoms in total. The molecule has 2 rings (SSSR count). The van der Waals surface area contributed by atoms with Crippen LogP contribution in [0.15, 0.2) is 48.7 Å². The van der Waals surface area contributed by atoms with Gasteiger partial charge in [-0.25, -0.2) is 4.39 Å². The van der Waals surface area contributed by atoms with Crippen LogP contribution in [0.5, 0.6) is 0 Å². The van der Waals surface area contributed by atoms with E-state index < -0.39 is 0 Å². The van der Waals surface area contributed by atoms with Crippen LogP contribution in [0.3, 0.4) is 0 Å². The molecule has 2 atom stereocenters. The van der Waals surface area contributed by atoms with E-state index in [9.17, 15) is 4.39 Å². The molecule has 0 amide bonds. The molecule has 0 aliphatic rings. The molecule has 0 bridgehead atoms. The average Bonchev–Trinajstić information content (AvgIpc) is 2.49.